The fraction of sp³-hybridized carbons (Fsp3) is 0.529. The number of carbonyl (C=O) groups excluding carboxylic acids is 1. The van der Waals surface area contributed by atoms with E-state index in [1.807, 2.05) is 6.07 Å². The molecule has 0 saturated heterocycles. The Morgan fingerprint density at radius 2 is 1.87 bits per heavy atom. The molecule has 23 heavy (non-hydrogen) atoms. The second-order valence-corrected chi connectivity index (χ2v) is 6.42. The molecule has 1 saturated carbocycles. The van der Waals surface area contributed by atoms with E-state index in [-0.39, 0.29) is 6.61 Å². The number of aliphatic carboxylic acids is 1. The van der Waals surface area contributed by atoms with Crippen molar-refractivity contribution in [1.82, 2.24) is 5.32 Å². The van der Waals surface area contributed by atoms with Crippen LogP contribution in [0.25, 0.3) is 0 Å². The maximum atomic E-state index is 12.5. The molecule has 1 aliphatic carbocycles. The zero-order valence-corrected chi connectivity index (χ0v) is 13.1. The Balaban J connectivity index is 1.70. The first-order chi connectivity index (χ1) is 11.0. The summed E-state index contributed by atoms with van der Waals surface area (Å²) in [7, 11) is 0. The quantitative estimate of drug-likeness (QED) is 0.890. The molecule has 1 aliphatic heterocycles. The number of hydrogen-bond acceptors (Lipinski definition) is 4. The number of carbonyl (C=O) groups is 2. The summed E-state index contributed by atoms with van der Waals surface area (Å²) in [6.07, 6.45) is 1.63. The van der Waals surface area contributed by atoms with Crippen molar-refractivity contribution < 1.29 is 24.2 Å². The van der Waals surface area contributed by atoms with Gasteiger partial charge in [0.05, 0.1) is 0 Å². The van der Waals surface area contributed by atoms with Crippen molar-refractivity contribution in [3.8, 4) is 11.5 Å². The number of rotatable bonds is 3. The smallest absolute Gasteiger partial charge is 0.329 e. The van der Waals surface area contributed by atoms with E-state index in [2.05, 4.69) is 12.2 Å². The van der Waals surface area contributed by atoms with Crippen LogP contribution in [0.1, 0.15) is 32.6 Å². The lowest BCUT2D eigenvalue weighted by Crippen LogP contribution is -2.60. The predicted molar refractivity (Wildman–Crippen MR) is 82.5 cm³/mol. The van der Waals surface area contributed by atoms with Crippen LogP contribution in [0, 0.1) is 5.92 Å². The van der Waals surface area contributed by atoms with Gasteiger partial charge in [-0.25, -0.2) is 4.79 Å². The molecule has 0 spiro atoms. The number of fused-ring (bicyclic) bond motifs is 1. The summed E-state index contributed by atoms with van der Waals surface area (Å²) in [6.45, 7) is 2.18. The van der Waals surface area contributed by atoms with Gasteiger partial charge in [-0.15, -0.1) is 0 Å². The molecule has 1 amide bonds. The second kappa shape index (κ2) is 6.10. The first-order valence-corrected chi connectivity index (χ1v) is 7.94. The number of amides is 1. The Kier molecular flexibility index (Phi) is 4.15. The third kappa shape index (κ3) is 3.11. The third-order valence-corrected chi connectivity index (χ3v) is 4.70. The lowest BCUT2D eigenvalue weighted by atomic mass is 9.77. The van der Waals surface area contributed by atoms with Crippen molar-refractivity contribution in [3.63, 3.8) is 0 Å². The van der Waals surface area contributed by atoms with Gasteiger partial charge in [-0.05, 0) is 43.7 Å². The van der Waals surface area contributed by atoms with Crippen molar-refractivity contribution in [2.45, 2.75) is 44.2 Å². The maximum Gasteiger partial charge on any atom is 0.329 e. The molecule has 1 unspecified atom stereocenters. The van der Waals surface area contributed by atoms with E-state index in [4.69, 9.17) is 9.47 Å². The lowest BCUT2D eigenvalue weighted by molar-refractivity contribution is -0.151. The lowest BCUT2D eigenvalue weighted by Gasteiger charge is -2.37. The van der Waals surface area contributed by atoms with Gasteiger partial charge in [-0.3, -0.25) is 4.79 Å². The van der Waals surface area contributed by atoms with Crippen LogP contribution in [0.2, 0.25) is 0 Å². The van der Waals surface area contributed by atoms with E-state index < -0.39 is 23.5 Å². The summed E-state index contributed by atoms with van der Waals surface area (Å²) in [4.78, 5) is 24.2. The highest BCUT2D eigenvalue weighted by Crippen LogP contribution is 2.34. The molecule has 2 aliphatic rings. The fourth-order valence-corrected chi connectivity index (χ4v) is 3.11. The van der Waals surface area contributed by atoms with Crippen molar-refractivity contribution in [2.75, 3.05) is 6.61 Å². The van der Waals surface area contributed by atoms with E-state index in [1.54, 1.807) is 18.2 Å². The highest BCUT2D eigenvalue weighted by atomic mass is 16.6. The minimum absolute atomic E-state index is 0.0783. The number of carboxylic acid groups (broad SMARTS) is 1. The fourth-order valence-electron chi connectivity index (χ4n) is 3.11. The van der Waals surface area contributed by atoms with Gasteiger partial charge in [0.15, 0.2) is 11.5 Å². The van der Waals surface area contributed by atoms with Gasteiger partial charge in [0.2, 0.25) is 6.10 Å². The molecule has 6 heteroatoms. The minimum Gasteiger partial charge on any atom is -0.485 e. The molecule has 0 bridgehead atoms. The highest BCUT2D eigenvalue weighted by molar-refractivity contribution is 5.89. The van der Waals surface area contributed by atoms with E-state index >= 15 is 0 Å². The SMILES string of the molecule is CC1CCC(NC(=O)C2COc3ccccc3O2)(C(=O)O)CC1. The Hall–Kier alpha value is -2.24. The zero-order chi connectivity index (χ0) is 16.4. The summed E-state index contributed by atoms with van der Waals surface area (Å²) in [5.41, 5.74) is -1.19. The van der Waals surface area contributed by atoms with Gasteiger partial charge in [-0.1, -0.05) is 19.1 Å². The largest absolute Gasteiger partial charge is 0.485 e. The van der Waals surface area contributed by atoms with Crippen LogP contribution >= 0.6 is 0 Å². The van der Waals surface area contributed by atoms with Gasteiger partial charge in [0, 0.05) is 0 Å². The number of benzene rings is 1. The minimum atomic E-state index is -1.19. The molecule has 1 fully saturated rings. The van der Waals surface area contributed by atoms with Crippen LogP contribution < -0.4 is 14.8 Å². The average molecular weight is 319 g/mol. The molecular formula is C17H21NO5. The maximum absolute atomic E-state index is 12.5. The van der Waals surface area contributed by atoms with Gasteiger partial charge < -0.3 is 19.9 Å². The second-order valence-electron chi connectivity index (χ2n) is 6.42. The van der Waals surface area contributed by atoms with Crippen molar-refractivity contribution in [3.05, 3.63) is 24.3 Å². The van der Waals surface area contributed by atoms with Crippen LogP contribution in [-0.2, 0) is 9.59 Å². The molecule has 1 atom stereocenters. The number of carboxylic acids is 1. The predicted octanol–water partition coefficient (Wildman–Crippen LogP) is 1.98. The van der Waals surface area contributed by atoms with Crippen LogP contribution in [0.4, 0.5) is 0 Å². The van der Waals surface area contributed by atoms with Crippen molar-refractivity contribution in [1.29, 1.82) is 0 Å². The Bertz CT molecular complexity index is 607. The van der Waals surface area contributed by atoms with Crippen LogP contribution in [0.3, 0.4) is 0 Å². The molecule has 1 heterocycles. The highest BCUT2D eigenvalue weighted by Gasteiger charge is 2.44. The molecule has 0 aromatic heterocycles. The number of nitrogens with one attached hydrogen (secondary N) is 1. The van der Waals surface area contributed by atoms with Crippen LogP contribution in [0.5, 0.6) is 11.5 Å². The summed E-state index contributed by atoms with van der Waals surface area (Å²) in [6, 6.07) is 7.11. The van der Waals surface area contributed by atoms with E-state index in [0.29, 0.717) is 30.3 Å². The summed E-state index contributed by atoms with van der Waals surface area (Å²) in [5.74, 6) is 0.170. The first kappa shape index (κ1) is 15.6. The molecule has 3 rings (SSSR count). The normalized spacial score (nSPS) is 29.6. The van der Waals surface area contributed by atoms with Gasteiger partial charge >= 0.3 is 5.97 Å². The third-order valence-electron chi connectivity index (χ3n) is 4.70. The molecule has 1 aromatic carbocycles. The van der Waals surface area contributed by atoms with E-state index in [1.165, 1.54) is 0 Å². The van der Waals surface area contributed by atoms with Gasteiger partial charge in [-0.2, -0.15) is 0 Å². The van der Waals surface area contributed by atoms with Gasteiger partial charge in [0.1, 0.15) is 12.1 Å². The summed E-state index contributed by atoms with van der Waals surface area (Å²) >= 11 is 0. The molecule has 2 N–H and O–H groups in total. The summed E-state index contributed by atoms with van der Waals surface area (Å²) in [5, 5.41) is 12.3. The van der Waals surface area contributed by atoms with Gasteiger partial charge in [0.25, 0.3) is 5.91 Å². The summed E-state index contributed by atoms with van der Waals surface area (Å²) < 4.78 is 11.2. The first-order valence-electron chi connectivity index (χ1n) is 7.94. The monoisotopic (exact) mass is 319 g/mol. The molecule has 0 radical (unpaired) electrons. The Morgan fingerprint density at radius 1 is 1.22 bits per heavy atom. The molecule has 6 nitrogen and oxygen atoms in total. The van der Waals surface area contributed by atoms with E-state index in [9.17, 15) is 14.7 Å². The number of ether oxygens (including phenoxy) is 2. The molecular weight excluding hydrogens is 298 g/mol. The van der Waals surface area contributed by atoms with E-state index in [0.717, 1.165) is 12.8 Å². The Labute approximate surface area is 134 Å². The van der Waals surface area contributed by atoms with Crippen LogP contribution in [0.15, 0.2) is 24.3 Å². The topological polar surface area (TPSA) is 84.9 Å². The number of para-hydroxylation sites is 2. The van der Waals surface area contributed by atoms with Crippen molar-refractivity contribution in [2.24, 2.45) is 5.92 Å². The van der Waals surface area contributed by atoms with Crippen molar-refractivity contribution >= 4 is 11.9 Å². The molecule has 124 valence electrons. The zero-order valence-electron chi connectivity index (χ0n) is 13.1. The Morgan fingerprint density at radius 3 is 2.52 bits per heavy atom. The number of hydrogen-bond donors (Lipinski definition) is 2. The standard InChI is InChI=1S/C17H21NO5/c1-11-6-8-17(9-7-11,16(20)21)18-15(19)14-10-22-12-4-2-3-5-13(12)23-14/h2-5,11,14H,6-10H2,1H3,(H,18,19)(H,20,21). The van der Waals surface area contributed by atoms with Crippen LogP contribution in [-0.4, -0.2) is 35.2 Å². The average Bonchev–Trinajstić information content (AvgIpc) is 2.56. The molecule has 1 aromatic rings.